The Morgan fingerprint density at radius 2 is 2.13 bits per heavy atom. The van der Waals surface area contributed by atoms with Crippen LogP contribution in [0, 0.1) is 0 Å². The highest BCUT2D eigenvalue weighted by Gasteiger charge is 2.45. The van der Waals surface area contributed by atoms with Crippen LogP contribution in [0.3, 0.4) is 0 Å². The third kappa shape index (κ3) is 2.95. The molecule has 0 aromatic carbocycles. The molecular weight excluding hydrogens is 292 g/mol. The van der Waals surface area contributed by atoms with E-state index in [1.807, 2.05) is 19.2 Å². The molecule has 2 aromatic heterocycles. The average molecular weight is 314 g/mol. The number of nitrogens with zero attached hydrogens (tertiary/aromatic N) is 3. The van der Waals surface area contributed by atoms with E-state index in [1.165, 1.54) is 12.8 Å². The molecule has 2 aliphatic rings. The second kappa shape index (κ2) is 5.60. The molecule has 0 unspecified atom stereocenters. The highest BCUT2D eigenvalue weighted by Crippen LogP contribution is 2.42. The number of ether oxygens (including phenoxy) is 1. The number of pyridine rings is 1. The summed E-state index contributed by atoms with van der Waals surface area (Å²) < 4.78 is 11.5. The van der Waals surface area contributed by atoms with Gasteiger partial charge in [0, 0.05) is 23.1 Å². The van der Waals surface area contributed by atoms with Gasteiger partial charge in [0.2, 0.25) is 5.89 Å². The van der Waals surface area contributed by atoms with Crippen molar-refractivity contribution in [3.05, 3.63) is 35.8 Å². The van der Waals surface area contributed by atoms with Gasteiger partial charge in [-0.1, -0.05) is 6.92 Å². The molecule has 2 saturated carbocycles. The Bertz CT molecular complexity index is 672. The lowest BCUT2D eigenvalue weighted by molar-refractivity contribution is 0.153. The Hall–Kier alpha value is -1.95. The van der Waals surface area contributed by atoms with Gasteiger partial charge in [0.1, 0.15) is 5.75 Å². The van der Waals surface area contributed by atoms with Gasteiger partial charge in [0.15, 0.2) is 6.61 Å². The molecule has 122 valence electrons. The summed E-state index contributed by atoms with van der Waals surface area (Å²) in [4.78, 5) is 4.44. The molecule has 2 fully saturated rings. The Labute approximate surface area is 135 Å². The fraction of sp³-hybridized carbons (Fsp3) is 0.588. The van der Waals surface area contributed by atoms with Gasteiger partial charge < -0.3 is 14.5 Å². The summed E-state index contributed by atoms with van der Waals surface area (Å²) in [6.45, 7) is 2.45. The first-order valence-corrected chi connectivity index (χ1v) is 8.25. The molecule has 23 heavy (non-hydrogen) atoms. The van der Waals surface area contributed by atoms with Gasteiger partial charge >= 0.3 is 0 Å². The Kier molecular flexibility index (Phi) is 3.56. The summed E-state index contributed by atoms with van der Waals surface area (Å²) in [7, 11) is 1.99. The largest absolute Gasteiger partial charge is 0.482 e. The molecule has 6 nitrogen and oxygen atoms in total. The van der Waals surface area contributed by atoms with Gasteiger partial charge in [-0.15, -0.1) is 10.2 Å². The maximum absolute atomic E-state index is 5.78. The molecule has 0 bridgehead atoms. The summed E-state index contributed by atoms with van der Waals surface area (Å²) in [6, 6.07) is 4.55. The van der Waals surface area contributed by atoms with Crippen molar-refractivity contribution in [3.63, 3.8) is 0 Å². The third-order valence-electron chi connectivity index (χ3n) is 4.90. The van der Waals surface area contributed by atoms with E-state index in [0.29, 0.717) is 23.7 Å². The average Bonchev–Trinajstić information content (AvgIpc) is 3.28. The molecule has 0 aliphatic heterocycles. The molecule has 1 N–H and O–H groups in total. The van der Waals surface area contributed by atoms with Crippen molar-refractivity contribution >= 4 is 0 Å². The molecule has 2 aliphatic carbocycles. The van der Waals surface area contributed by atoms with E-state index in [-0.39, 0.29) is 12.0 Å². The highest BCUT2D eigenvalue weighted by molar-refractivity contribution is 5.24. The van der Waals surface area contributed by atoms with Crippen LogP contribution in [0.15, 0.2) is 22.7 Å². The van der Waals surface area contributed by atoms with E-state index < -0.39 is 0 Å². The molecule has 6 heteroatoms. The molecule has 0 radical (unpaired) electrons. The van der Waals surface area contributed by atoms with Gasteiger partial charge in [0.25, 0.3) is 5.89 Å². The number of nitrogens with one attached hydrogen (secondary N) is 1. The first kappa shape index (κ1) is 14.6. The normalized spacial score (nSPS) is 26.8. The van der Waals surface area contributed by atoms with Crippen molar-refractivity contribution in [2.24, 2.45) is 0 Å². The fourth-order valence-corrected chi connectivity index (χ4v) is 3.21. The van der Waals surface area contributed by atoms with Crippen LogP contribution in [0.1, 0.15) is 56.0 Å². The summed E-state index contributed by atoms with van der Waals surface area (Å²) in [5.41, 5.74) is 1.15. The highest BCUT2D eigenvalue weighted by atomic mass is 16.5. The molecule has 0 atom stereocenters. The van der Waals surface area contributed by atoms with Crippen molar-refractivity contribution in [3.8, 4) is 5.75 Å². The maximum atomic E-state index is 5.78. The molecule has 0 saturated heterocycles. The zero-order chi connectivity index (χ0) is 15.9. The molecule has 0 spiro atoms. The quantitative estimate of drug-likeness (QED) is 0.883. The Balaban J connectivity index is 1.34. The van der Waals surface area contributed by atoms with Crippen LogP contribution in [-0.2, 0) is 12.0 Å². The van der Waals surface area contributed by atoms with E-state index in [1.54, 1.807) is 6.20 Å². The minimum absolute atomic E-state index is 0.00754. The Morgan fingerprint density at radius 3 is 2.78 bits per heavy atom. The van der Waals surface area contributed by atoms with Gasteiger partial charge in [-0.2, -0.15) is 0 Å². The van der Waals surface area contributed by atoms with Crippen molar-refractivity contribution in [2.75, 3.05) is 7.05 Å². The van der Waals surface area contributed by atoms with Crippen LogP contribution in [0.5, 0.6) is 5.75 Å². The fourth-order valence-electron chi connectivity index (χ4n) is 3.21. The lowest BCUT2D eigenvalue weighted by Crippen LogP contribution is -2.48. The van der Waals surface area contributed by atoms with Crippen molar-refractivity contribution in [2.45, 2.75) is 56.6 Å². The van der Waals surface area contributed by atoms with Gasteiger partial charge in [-0.3, -0.25) is 4.98 Å². The molecular formula is C17H22N4O2. The van der Waals surface area contributed by atoms with Crippen LogP contribution < -0.4 is 10.1 Å². The lowest BCUT2D eigenvalue weighted by Gasteiger charge is -2.42. The molecule has 2 heterocycles. The maximum Gasteiger partial charge on any atom is 0.253 e. The minimum atomic E-state index is -0.00754. The summed E-state index contributed by atoms with van der Waals surface area (Å²) in [5, 5.41) is 11.6. The first-order chi connectivity index (χ1) is 11.2. The summed E-state index contributed by atoms with van der Waals surface area (Å²) >= 11 is 0. The van der Waals surface area contributed by atoms with Gasteiger partial charge in [-0.25, -0.2) is 0 Å². The van der Waals surface area contributed by atoms with E-state index in [2.05, 4.69) is 27.4 Å². The minimum Gasteiger partial charge on any atom is -0.482 e. The predicted octanol–water partition coefficient (Wildman–Crippen LogP) is 2.56. The molecule has 4 rings (SSSR count). The van der Waals surface area contributed by atoms with Crippen molar-refractivity contribution < 1.29 is 9.15 Å². The Morgan fingerprint density at radius 1 is 1.30 bits per heavy atom. The van der Waals surface area contributed by atoms with E-state index in [0.717, 1.165) is 24.3 Å². The first-order valence-electron chi connectivity index (χ1n) is 8.25. The van der Waals surface area contributed by atoms with Crippen LogP contribution >= 0.6 is 0 Å². The number of hydrogen-bond donors (Lipinski definition) is 1. The molecule has 2 aromatic rings. The number of hydrogen-bond acceptors (Lipinski definition) is 6. The van der Waals surface area contributed by atoms with Crippen LogP contribution in [0.25, 0.3) is 0 Å². The number of aromatic nitrogens is 3. The third-order valence-corrected chi connectivity index (χ3v) is 4.90. The smallest absolute Gasteiger partial charge is 0.253 e. The SMILES string of the molecule is CNC1CC(C)(c2nnc(COc3ccc(C4CC4)nc3)o2)C1. The van der Waals surface area contributed by atoms with Gasteiger partial charge in [0.05, 0.1) is 6.20 Å². The monoisotopic (exact) mass is 314 g/mol. The van der Waals surface area contributed by atoms with Crippen LogP contribution in [0.2, 0.25) is 0 Å². The van der Waals surface area contributed by atoms with Crippen LogP contribution in [-0.4, -0.2) is 28.3 Å². The van der Waals surface area contributed by atoms with E-state index in [9.17, 15) is 0 Å². The zero-order valence-corrected chi connectivity index (χ0v) is 13.6. The second-order valence-electron chi connectivity index (χ2n) is 6.94. The molecule has 0 amide bonds. The van der Waals surface area contributed by atoms with Crippen molar-refractivity contribution in [1.29, 1.82) is 0 Å². The topological polar surface area (TPSA) is 73.1 Å². The summed E-state index contributed by atoms with van der Waals surface area (Å²) in [5.74, 6) is 2.62. The lowest BCUT2D eigenvalue weighted by atomic mass is 9.67. The van der Waals surface area contributed by atoms with Crippen molar-refractivity contribution in [1.82, 2.24) is 20.5 Å². The predicted molar refractivity (Wildman–Crippen MR) is 84.3 cm³/mol. The van der Waals surface area contributed by atoms with E-state index in [4.69, 9.17) is 9.15 Å². The standard InChI is InChI=1S/C17H22N4O2/c1-17(7-12(8-17)18-2)16-21-20-15(23-16)10-22-13-5-6-14(19-9-13)11-3-4-11/h5-6,9,11-12,18H,3-4,7-8,10H2,1-2H3. The van der Waals surface area contributed by atoms with Crippen LogP contribution in [0.4, 0.5) is 0 Å². The second-order valence-corrected chi connectivity index (χ2v) is 6.94. The zero-order valence-electron chi connectivity index (χ0n) is 13.6. The number of rotatable bonds is 6. The van der Waals surface area contributed by atoms with E-state index >= 15 is 0 Å². The van der Waals surface area contributed by atoms with Gasteiger partial charge in [-0.05, 0) is 44.9 Å². The summed E-state index contributed by atoms with van der Waals surface area (Å²) in [6.07, 6.45) is 6.34.